The molecule has 4 amide bonds. The van der Waals surface area contributed by atoms with Crippen LogP contribution in [0, 0.1) is 17.8 Å². The molecule has 4 fully saturated rings. The molecule has 4 aliphatic rings. The van der Waals surface area contributed by atoms with Crippen molar-refractivity contribution in [2.24, 2.45) is 17.8 Å². The van der Waals surface area contributed by atoms with Crippen LogP contribution in [0.1, 0.15) is 96.0 Å². The van der Waals surface area contributed by atoms with E-state index in [0.29, 0.717) is 66.7 Å². The molecule has 1 saturated carbocycles. The van der Waals surface area contributed by atoms with E-state index in [4.69, 9.17) is 9.47 Å². The van der Waals surface area contributed by atoms with Gasteiger partial charge in [0.05, 0.1) is 48.7 Å². The third-order valence-corrected chi connectivity index (χ3v) is 16.6. The molecule has 1 aromatic heterocycles. The number of rotatable bonds is 25. The van der Waals surface area contributed by atoms with E-state index in [1.807, 2.05) is 0 Å². The number of ketones is 2. The highest BCUT2D eigenvalue weighted by molar-refractivity contribution is 8.00. The number of aromatic nitrogens is 3. The normalized spacial score (nSPS) is 24.6. The monoisotopic (exact) mass is 1170 g/mol. The van der Waals surface area contributed by atoms with Gasteiger partial charge in [0.25, 0.3) is 0 Å². The molecule has 4 heterocycles. The van der Waals surface area contributed by atoms with E-state index in [1.165, 1.54) is 0 Å². The van der Waals surface area contributed by atoms with Crippen molar-refractivity contribution in [1.29, 1.82) is 0 Å². The molecule has 25 heteroatoms. The molecular formula is C57H63F6N7O11S. The summed E-state index contributed by atoms with van der Waals surface area (Å²) in [5.74, 6) is -3.35. The second-order valence-electron chi connectivity index (χ2n) is 20.8. The molecule has 0 radical (unpaired) electrons. The van der Waals surface area contributed by atoms with Gasteiger partial charge in [-0.25, -0.2) is 9.48 Å². The Balaban J connectivity index is 0.903. The zero-order valence-electron chi connectivity index (χ0n) is 44.2. The Labute approximate surface area is 471 Å². The number of hydrogen-bond acceptors (Lipinski definition) is 13. The minimum absolute atomic E-state index is 0.00324. The maximum absolute atomic E-state index is 14.7. The first kappa shape index (κ1) is 61.1. The van der Waals surface area contributed by atoms with Gasteiger partial charge in [-0.05, 0) is 73.8 Å². The molecule has 7 N–H and O–H groups in total. The van der Waals surface area contributed by atoms with Crippen LogP contribution >= 0.6 is 11.8 Å². The minimum atomic E-state index is -5.37. The predicted molar refractivity (Wildman–Crippen MR) is 286 cm³/mol. The van der Waals surface area contributed by atoms with Gasteiger partial charge in [0, 0.05) is 78.0 Å². The van der Waals surface area contributed by atoms with Gasteiger partial charge in [-0.3, -0.25) is 24.0 Å². The summed E-state index contributed by atoms with van der Waals surface area (Å²) >= 11 is 1.75. The summed E-state index contributed by atoms with van der Waals surface area (Å²) in [6.45, 7) is -0.645. The number of urea groups is 1. The smallest absolute Gasteiger partial charge is 0.417 e. The average molecular weight is 1170 g/mol. The number of carbonyl (C=O) groups excluding carboxylic acids is 5. The maximum atomic E-state index is 14.7. The van der Waals surface area contributed by atoms with E-state index in [2.05, 4.69) is 31.6 Å². The summed E-state index contributed by atoms with van der Waals surface area (Å²) in [6, 6.07) is 16.1. The second-order valence-corrected chi connectivity index (χ2v) is 22.0. The zero-order chi connectivity index (χ0) is 58.7. The number of alkyl halides is 6. The zero-order valence-corrected chi connectivity index (χ0v) is 45.1. The number of allylic oxidation sites excluding steroid dienone is 1. The number of nitrogens with one attached hydrogen (secondary N) is 4. The van der Waals surface area contributed by atoms with Crippen molar-refractivity contribution in [2.75, 3.05) is 25.4 Å². The van der Waals surface area contributed by atoms with Crippen molar-refractivity contribution >= 4 is 53.2 Å². The molecule has 440 valence electrons. The number of unbranched alkanes of at least 4 members (excludes halogenated alkanes) is 1. The number of amides is 4. The molecule has 4 aromatic rings. The number of aliphatic hydroxyl groups is 2. The topological polar surface area (TPSA) is 260 Å². The number of aliphatic carboxylic acids is 1. The number of thioether (sulfide) groups is 1. The number of halogens is 6. The fourth-order valence-electron chi connectivity index (χ4n) is 10.8. The van der Waals surface area contributed by atoms with Crippen LogP contribution in [0.2, 0.25) is 0 Å². The molecule has 0 unspecified atom stereocenters. The van der Waals surface area contributed by atoms with Crippen LogP contribution in [0.3, 0.4) is 0 Å². The highest BCUT2D eigenvalue weighted by Crippen LogP contribution is 2.43. The Hall–Kier alpha value is -6.93. The predicted octanol–water partition coefficient (Wildman–Crippen LogP) is 6.91. The Morgan fingerprint density at radius 1 is 0.890 bits per heavy atom. The van der Waals surface area contributed by atoms with Gasteiger partial charge in [-0.2, -0.15) is 38.1 Å². The summed E-state index contributed by atoms with van der Waals surface area (Å²) in [4.78, 5) is 73.6. The Morgan fingerprint density at radius 3 is 2.30 bits per heavy atom. The van der Waals surface area contributed by atoms with E-state index < -0.39 is 95.2 Å². The van der Waals surface area contributed by atoms with Crippen molar-refractivity contribution in [3.8, 4) is 11.3 Å². The molecule has 0 bridgehead atoms. The fourth-order valence-corrected chi connectivity index (χ4v) is 12.4. The van der Waals surface area contributed by atoms with Gasteiger partial charge in [0.2, 0.25) is 11.8 Å². The van der Waals surface area contributed by atoms with E-state index >= 15 is 0 Å². The van der Waals surface area contributed by atoms with Crippen molar-refractivity contribution in [1.82, 2.24) is 36.3 Å². The van der Waals surface area contributed by atoms with E-state index in [0.717, 1.165) is 29.5 Å². The molecule has 8 rings (SSSR count). The van der Waals surface area contributed by atoms with Crippen LogP contribution in [0.4, 0.5) is 31.1 Å². The van der Waals surface area contributed by atoms with Gasteiger partial charge < -0.3 is 46.1 Å². The number of benzene rings is 3. The lowest BCUT2D eigenvalue weighted by atomic mass is 9.85. The first-order valence-corrected chi connectivity index (χ1v) is 28.0. The summed E-state index contributed by atoms with van der Waals surface area (Å²) < 4.78 is 102. The lowest BCUT2D eigenvalue weighted by Crippen LogP contribution is -2.57. The molecule has 3 aliphatic heterocycles. The molecule has 82 heavy (non-hydrogen) atoms. The van der Waals surface area contributed by atoms with Crippen LogP contribution < -0.4 is 21.3 Å². The summed E-state index contributed by atoms with van der Waals surface area (Å²) in [6.07, 6.45) is -7.25. The second kappa shape index (κ2) is 27.4. The maximum Gasteiger partial charge on any atom is 0.417 e. The van der Waals surface area contributed by atoms with Gasteiger partial charge in [0.1, 0.15) is 23.7 Å². The lowest BCUT2D eigenvalue weighted by molar-refractivity contribution is -0.282. The molecule has 3 saturated heterocycles. The largest absolute Gasteiger partial charge is 0.481 e. The Kier molecular flexibility index (Phi) is 20.5. The van der Waals surface area contributed by atoms with E-state index in [9.17, 15) is 70.4 Å². The highest BCUT2D eigenvalue weighted by atomic mass is 32.2. The van der Waals surface area contributed by atoms with Crippen molar-refractivity contribution in [3.63, 3.8) is 0 Å². The van der Waals surface area contributed by atoms with Gasteiger partial charge >= 0.3 is 24.4 Å². The quantitative estimate of drug-likeness (QED) is 0.00889. The number of fused-ring (bicyclic) bond motifs is 1. The molecular weight excluding hydrogens is 1100 g/mol. The van der Waals surface area contributed by atoms with Crippen LogP contribution in [-0.4, -0.2) is 133 Å². The van der Waals surface area contributed by atoms with Crippen LogP contribution in [0.5, 0.6) is 0 Å². The third kappa shape index (κ3) is 16.0. The van der Waals surface area contributed by atoms with E-state index in [1.54, 1.807) is 78.5 Å². The average Bonchev–Trinajstić information content (AvgIpc) is 4.38. The third-order valence-electron chi connectivity index (χ3n) is 15.1. The molecule has 10 atom stereocenters. The van der Waals surface area contributed by atoms with Gasteiger partial charge in [0.15, 0.2) is 12.1 Å². The number of carboxylic acids is 1. The van der Waals surface area contributed by atoms with Crippen LogP contribution in [0.15, 0.2) is 91.2 Å². The highest BCUT2D eigenvalue weighted by Gasteiger charge is 2.46. The van der Waals surface area contributed by atoms with Crippen molar-refractivity contribution in [2.45, 2.75) is 125 Å². The number of hydrogen-bond donors (Lipinski definition) is 7. The molecule has 3 aromatic carbocycles. The van der Waals surface area contributed by atoms with Crippen LogP contribution in [-0.2, 0) is 54.0 Å². The van der Waals surface area contributed by atoms with Crippen molar-refractivity contribution in [3.05, 3.63) is 125 Å². The number of aliphatic hydroxyl groups excluding tert-OH is 2. The summed E-state index contributed by atoms with van der Waals surface area (Å²) in [5.41, 5.74) is -4.36. The number of nitrogens with zero attached hydrogens (tertiary/aromatic N) is 3. The van der Waals surface area contributed by atoms with E-state index in [-0.39, 0.29) is 92.1 Å². The van der Waals surface area contributed by atoms with Crippen molar-refractivity contribution < 1.29 is 79.9 Å². The molecule has 1 aliphatic carbocycles. The first-order valence-electron chi connectivity index (χ1n) is 27.0. The fraction of sp³-hybridized carbons (Fsp3) is 0.474. The van der Waals surface area contributed by atoms with Crippen LogP contribution in [0.25, 0.3) is 17.3 Å². The Bertz CT molecular complexity index is 2940. The Morgan fingerprint density at radius 2 is 1.60 bits per heavy atom. The number of ether oxygens (including phenoxy) is 2. The summed E-state index contributed by atoms with van der Waals surface area (Å²) in [5, 5.41) is 51.2. The SMILES string of the molecule is O=C(O)C[C@H]1CCC(=O)[C@@H]1C/C=C\CCO[C@H]1O[C@@H](Cn2cc(-c3cc(C(F)(F)F)c(/C=C/C(=O)NCCNC(=O)CCCC[C@@H]4SC[C@@H]5NC(=O)N[C@@H]54)c(C(F)(F)F)c3)nn2)[C@H](O)[C@@H](O)[C@@H]1Cc1ccc(C(=O)c2ccccc2)cc1. The minimum Gasteiger partial charge on any atom is -0.481 e. The first-order chi connectivity index (χ1) is 39.1. The van der Waals surface area contributed by atoms with Gasteiger partial charge in [-0.1, -0.05) is 78.4 Å². The number of carbonyl (C=O) groups is 6. The molecule has 0 spiro atoms. The molecule has 18 nitrogen and oxygen atoms in total. The lowest BCUT2D eigenvalue weighted by Gasteiger charge is -2.42. The standard InChI is InChI=1S/C57H63F6N7O11S/c58-56(59,60)40-26-36(27-41(57(61,62)63)38(40)19-21-48(73)65-23-22-64-47(72)13-7-6-12-46-50-43(31-82-46)66-55(79)67-50)42-29-70(69-68-42)30-45-53(78)52(77)39(25-32-14-16-34(17-15-32)51(76)33-9-3-1-4-10-33)54(81-45)80-24-8-2-5-11-37-35(28-49(74)75)18-20-44(37)71/h1-5,9-10,14-17,19,21,26-27,29,35,37,39,43,45-46,50,52-54,77-78H,6-8,11-13,18,20,22-25,28,30-31H2,(H,64,72)(H,65,73)(H,74,75)(H2,66,67,79)/b5-2-,21-19+/t35-,37-,39+,43+,45+,46+,50+,52+,53+,54+/m1/s1. The number of Topliss-reactive ketones (excluding diaryl/α,β-unsaturated/α-hetero) is 1. The number of carboxylic acid groups (broad SMARTS) is 1. The summed E-state index contributed by atoms with van der Waals surface area (Å²) in [7, 11) is 0. The van der Waals surface area contributed by atoms with Gasteiger partial charge in [-0.15, -0.1) is 5.10 Å².